The molecule has 0 radical (unpaired) electrons. The van der Waals surface area contributed by atoms with Gasteiger partial charge in [-0.15, -0.1) is 0 Å². The number of rotatable bonds is 4. The number of benzene rings is 1. The van der Waals surface area contributed by atoms with Gasteiger partial charge < -0.3 is 29.7 Å². The molecule has 10 nitrogen and oxygen atoms in total. The molecule has 2 saturated heterocycles. The number of nitrogens with zero attached hydrogens (tertiary/aromatic N) is 2. The Labute approximate surface area is 253 Å². The highest BCUT2D eigenvalue weighted by Crippen LogP contribution is 2.56. The van der Waals surface area contributed by atoms with Crippen molar-refractivity contribution in [2.45, 2.75) is 95.4 Å². The first-order valence-electron chi connectivity index (χ1n) is 15.3. The lowest BCUT2D eigenvalue weighted by Crippen LogP contribution is -2.61. The maximum Gasteiger partial charge on any atom is 0.313 e. The van der Waals surface area contributed by atoms with E-state index in [0.29, 0.717) is 18.4 Å². The number of likely N-dealkylation sites (tertiary alicyclic amines) is 1. The maximum atomic E-state index is 14.6. The van der Waals surface area contributed by atoms with Gasteiger partial charge in [0.15, 0.2) is 0 Å². The highest BCUT2D eigenvalue weighted by atomic mass is 16.6. The summed E-state index contributed by atoms with van der Waals surface area (Å²) >= 11 is 0. The number of esters is 1. The van der Waals surface area contributed by atoms with E-state index in [1.54, 1.807) is 24.0 Å². The summed E-state index contributed by atoms with van der Waals surface area (Å²) in [6.45, 7) is 9.32. The van der Waals surface area contributed by atoms with Crippen LogP contribution in [0.2, 0.25) is 0 Å². The first kappa shape index (κ1) is 30.9. The number of carbonyl (C=O) groups excluding carboxylic acids is 4. The summed E-state index contributed by atoms with van der Waals surface area (Å²) in [5.41, 5.74) is -1.30. The van der Waals surface area contributed by atoms with Gasteiger partial charge in [0.1, 0.15) is 23.7 Å². The van der Waals surface area contributed by atoms with Gasteiger partial charge in [0.2, 0.25) is 17.7 Å². The number of ether oxygens (including phenoxy) is 2. The first-order valence-corrected chi connectivity index (χ1v) is 15.3. The fourth-order valence-corrected chi connectivity index (χ4v) is 7.03. The Morgan fingerprint density at radius 1 is 1.09 bits per heavy atom. The van der Waals surface area contributed by atoms with E-state index < -0.39 is 65.2 Å². The van der Waals surface area contributed by atoms with Crippen molar-refractivity contribution in [3.05, 3.63) is 60.2 Å². The monoisotopic (exact) mass is 593 g/mol. The molecule has 10 heteroatoms. The molecule has 2 N–H and O–H groups in total. The van der Waals surface area contributed by atoms with E-state index in [9.17, 15) is 24.3 Å². The molecule has 5 bridgehead atoms. The van der Waals surface area contributed by atoms with Crippen LogP contribution in [0, 0.1) is 11.8 Å². The predicted octanol–water partition coefficient (Wildman–Crippen LogP) is 2.67. The van der Waals surface area contributed by atoms with Crippen molar-refractivity contribution in [2.24, 2.45) is 11.8 Å². The fourth-order valence-electron chi connectivity index (χ4n) is 7.03. The van der Waals surface area contributed by atoms with Crippen LogP contribution in [-0.4, -0.2) is 87.1 Å². The molecule has 4 aliphatic rings. The van der Waals surface area contributed by atoms with Crippen LogP contribution in [0.4, 0.5) is 0 Å². The van der Waals surface area contributed by atoms with Crippen LogP contribution in [0.3, 0.4) is 0 Å². The molecule has 5 rings (SSSR count). The van der Waals surface area contributed by atoms with Crippen LogP contribution in [0.1, 0.15) is 65.5 Å². The van der Waals surface area contributed by atoms with Gasteiger partial charge in [-0.25, -0.2) is 0 Å². The Morgan fingerprint density at radius 2 is 1.81 bits per heavy atom. The molecule has 232 valence electrons. The van der Waals surface area contributed by atoms with Crippen molar-refractivity contribution in [1.29, 1.82) is 0 Å². The first-order chi connectivity index (χ1) is 20.4. The van der Waals surface area contributed by atoms with E-state index >= 15 is 0 Å². The highest BCUT2D eigenvalue weighted by molar-refractivity contribution is 5.99. The zero-order chi connectivity index (χ0) is 31.1. The third-order valence-corrected chi connectivity index (χ3v) is 9.18. The normalized spacial score (nSPS) is 34.7. The highest BCUT2D eigenvalue weighted by Gasteiger charge is 2.74. The van der Waals surface area contributed by atoms with Gasteiger partial charge in [-0.2, -0.15) is 0 Å². The van der Waals surface area contributed by atoms with Crippen molar-refractivity contribution in [1.82, 2.24) is 15.1 Å². The number of amides is 3. The minimum atomic E-state index is -1.38. The summed E-state index contributed by atoms with van der Waals surface area (Å²) in [5.74, 6) is -3.55. The summed E-state index contributed by atoms with van der Waals surface area (Å²) in [5, 5.41) is 13.3. The van der Waals surface area contributed by atoms with Crippen LogP contribution >= 0.6 is 0 Å². The van der Waals surface area contributed by atoms with Gasteiger partial charge in [0.05, 0.1) is 30.7 Å². The second-order valence-corrected chi connectivity index (χ2v) is 12.9. The summed E-state index contributed by atoms with van der Waals surface area (Å²) in [4.78, 5) is 59.0. The summed E-state index contributed by atoms with van der Waals surface area (Å²) in [6.07, 6.45) is 6.78. The maximum absolute atomic E-state index is 14.6. The van der Waals surface area contributed by atoms with Crippen molar-refractivity contribution in [3.8, 4) is 0 Å². The Hall–Kier alpha value is -3.50. The fraction of sp³-hybridized carbons (Fsp3) is 0.576. The average molecular weight is 594 g/mol. The van der Waals surface area contributed by atoms with Crippen LogP contribution in [0.25, 0.3) is 0 Å². The second-order valence-electron chi connectivity index (χ2n) is 12.9. The van der Waals surface area contributed by atoms with Crippen LogP contribution in [0.5, 0.6) is 0 Å². The molecule has 3 amide bonds. The van der Waals surface area contributed by atoms with Gasteiger partial charge in [0, 0.05) is 18.5 Å². The van der Waals surface area contributed by atoms with Crippen molar-refractivity contribution >= 4 is 23.7 Å². The van der Waals surface area contributed by atoms with Crippen LogP contribution in [0.15, 0.2) is 54.6 Å². The molecule has 1 aromatic rings. The number of aliphatic hydroxyl groups is 1. The lowest BCUT2D eigenvalue weighted by atomic mass is 9.74. The number of hydrogen-bond donors (Lipinski definition) is 2. The second kappa shape index (κ2) is 11.9. The number of fused-ring (bicyclic) bond motifs is 2. The van der Waals surface area contributed by atoms with Crippen molar-refractivity contribution in [3.63, 3.8) is 0 Å². The average Bonchev–Trinajstić information content (AvgIpc) is 3.61. The number of carbonyl (C=O) groups is 4. The number of cyclic esters (lactones) is 1. The molecule has 8 atom stereocenters. The molecule has 0 aliphatic carbocycles. The van der Waals surface area contributed by atoms with Crippen LogP contribution < -0.4 is 5.32 Å². The lowest BCUT2D eigenvalue weighted by molar-refractivity contribution is -0.162. The summed E-state index contributed by atoms with van der Waals surface area (Å²) in [6, 6.07) is 6.92. The molecule has 1 spiro atoms. The SMILES string of the molecule is CC[C@@H](CO)N1C(=O)[C@H]2[C@@H]3C(=O)O[C@H](c4ccccc4)[C@@H](C)NC(=O)CC/C=C\CN(C(C)(C)C)C(=O)[C@H]1[C@@]21C=C[C@@H]3O1. The topological polar surface area (TPSA) is 125 Å². The predicted molar refractivity (Wildman–Crippen MR) is 158 cm³/mol. The molecule has 0 aromatic heterocycles. The standard InChI is InChI=1S/C33H43N3O7/c1-6-22(19-37)36-28-30(40)35(32(3,4)5)18-12-8-11-15-24(38)34-20(2)27(21-13-9-7-10-14-21)42-31(41)25-23-16-17-33(28,43-23)26(25)29(36)39/h7-10,12-14,16-17,20,22-23,25-28,37H,6,11,15,18-19H2,1-5H3,(H,34,38)/b12-8-/t20-,22+,23+,25-,26-,27+,28+,33-/m1/s1. The third-order valence-electron chi connectivity index (χ3n) is 9.18. The summed E-state index contributed by atoms with van der Waals surface area (Å²) in [7, 11) is 0. The largest absolute Gasteiger partial charge is 0.455 e. The molecule has 4 heterocycles. The van der Waals surface area contributed by atoms with Gasteiger partial charge in [-0.05, 0) is 46.1 Å². The number of hydrogen-bond acceptors (Lipinski definition) is 7. The van der Waals surface area contributed by atoms with Gasteiger partial charge in [-0.1, -0.05) is 61.6 Å². The zero-order valence-electron chi connectivity index (χ0n) is 25.6. The molecular formula is C33H43N3O7. The van der Waals surface area contributed by atoms with E-state index in [-0.39, 0.29) is 31.4 Å². The van der Waals surface area contributed by atoms with Gasteiger partial charge in [0.25, 0.3) is 0 Å². The zero-order valence-corrected chi connectivity index (χ0v) is 25.6. The van der Waals surface area contributed by atoms with E-state index in [0.717, 1.165) is 0 Å². The number of aliphatic hydroxyl groups excluding tert-OH is 1. The van der Waals surface area contributed by atoms with E-state index in [1.165, 1.54) is 4.90 Å². The minimum Gasteiger partial charge on any atom is -0.455 e. The van der Waals surface area contributed by atoms with Gasteiger partial charge in [-0.3, -0.25) is 19.2 Å². The van der Waals surface area contributed by atoms with Gasteiger partial charge >= 0.3 is 5.97 Å². The lowest BCUT2D eigenvalue weighted by Gasteiger charge is -2.43. The molecule has 0 saturated carbocycles. The van der Waals surface area contributed by atoms with E-state index in [4.69, 9.17) is 9.47 Å². The third kappa shape index (κ3) is 5.40. The minimum absolute atomic E-state index is 0.188. The molecule has 43 heavy (non-hydrogen) atoms. The van der Waals surface area contributed by atoms with Crippen molar-refractivity contribution < 1.29 is 33.8 Å². The molecule has 4 aliphatic heterocycles. The van der Waals surface area contributed by atoms with E-state index in [1.807, 2.05) is 70.2 Å². The number of nitrogens with one attached hydrogen (secondary N) is 1. The smallest absolute Gasteiger partial charge is 0.313 e. The Morgan fingerprint density at radius 3 is 2.47 bits per heavy atom. The quantitative estimate of drug-likeness (QED) is 0.406. The Balaban J connectivity index is 1.62. The van der Waals surface area contributed by atoms with E-state index in [2.05, 4.69) is 5.32 Å². The molecule has 1 aromatic carbocycles. The molecular weight excluding hydrogens is 550 g/mol. The summed E-state index contributed by atoms with van der Waals surface area (Å²) < 4.78 is 12.6. The van der Waals surface area contributed by atoms with Crippen molar-refractivity contribution in [2.75, 3.05) is 13.2 Å². The molecule has 2 fully saturated rings. The number of allylic oxidation sites excluding steroid dienone is 1. The Kier molecular flexibility index (Phi) is 8.55. The molecule has 0 unspecified atom stereocenters. The Bertz CT molecular complexity index is 1300. The van der Waals surface area contributed by atoms with Crippen LogP contribution in [-0.2, 0) is 28.7 Å².